The summed E-state index contributed by atoms with van der Waals surface area (Å²) in [5, 5.41) is 2.35. The molecule has 0 spiro atoms. The Balaban J connectivity index is 1.89. The van der Waals surface area contributed by atoms with Crippen LogP contribution in [-0.2, 0) is 6.42 Å². The Morgan fingerprint density at radius 3 is 2.81 bits per heavy atom. The summed E-state index contributed by atoms with van der Waals surface area (Å²) in [6.07, 6.45) is 2.65. The van der Waals surface area contributed by atoms with E-state index in [-0.39, 0.29) is 5.78 Å². The highest BCUT2D eigenvalue weighted by Crippen LogP contribution is 2.31. The molecule has 0 fully saturated rings. The molecule has 3 rings (SSSR count). The van der Waals surface area contributed by atoms with E-state index < -0.39 is 0 Å². The van der Waals surface area contributed by atoms with Gasteiger partial charge < -0.3 is 9.64 Å². The van der Waals surface area contributed by atoms with Crippen LogP contribution in [0.1, 0.15) is 28.8 Å². The van der Waals surface area contributed by atoms with E-state index in [1.807, 2.05) is 32.3 Å². The van der Waals surface area contributed by atoms with Crippen LogP contribution in [0.4, 0.5) is 0 Å². The van der Waals surface area contributed by atoms with Crippen LogP contribution in [0.15, 0.2) is 30.3 Å². The van der Waals surface area contributed by atoms with Crippen LogP contribution in [0.25, 0.3) is 10.8 Å². The van der Waals surface area contributed by atoms with E-state index >= 15 is 0 Å². The second kappa shape index (κ2) is 5.86. The Morgan fingerprint density at radius 1 is 1.14 bits per heavy atom. The molecule has 1 aliphatic rings. The van der Waals surface area contributed by atoms with Crippen LogP contribution in [0.3, 0.4) is 0 Å². The highest BCUT2D eigenvalue weighted by atomic mass is 16.5. The second-order valence-electron chi connectivity index (χ2n) is 5.90. The number of likely N-dealkylation sites (N-methyl/N-ethyl adjacent to an activating group) is 1. The highest BCUT2D eigenvalue weighted by Gasteiger charge is 2.18. The highest BCUT2D eigenvalue weighted by molar-refractivity contribution is 6.03. The van der Waals surface area contributed by atoms with Gasteiger partial charge in [-0.3, -0.25) is 4.79 Å². The third-order valence-corrected chi connectivity index (χ3v) is 4.04. The predicted octanol–water partition coefficient (Wildman–Crippen LogP) is 3.30. The number of fused-ring (bicyclic) bond motifs is 3. The standard InChI is InChI=1S/C18H21NO2/c1-19(2)10-11-21-14-7-9-15-13(12-14)6-8-17-16(15)4-3-5-18(17)20/h6-9,12H,3-5,10-11H2,1-2H3. The maximum atomic E-state index is 12.0. The number of aryl methyl sites for hydroxylation is 1. The number of hydrogen-bond acceptors (Lipinski definition) is 3. The zero-order chi connectivity index (χ0) is 14.8. The minimum absolute atomic E-state index is 0.282. The van der Waals surface area contributed by atoms with E-state index in [9.17, 15) is 4.79 Å². The van der Waals surface area contributed by atoms with Gasteiger partial charge in [0.15, 0.2) is 5.78 Å². The van der Waals surface area contributed by atoms with Gasteiger partial charge in [0.05, 0.1) is 0 Å². The molecule has 0 heterocycles. The molecule has 0 saturated heterocycles. The summed E-state index contributed by atoms with van der Waals surface area (Å²) < 4.78 is 5.78. The lowest BCUT2D eigenvalue weighted by molar-refractivity contribution is 0.0973. The van der Waals surface area contributed by atoms with Gasteiger partial charge in [-0.05, 0) is 55.4 Å². The van der Waals surface area contributed by atoms with Crippen LogP contribution in [0.2, 0.25) is 0 Å². The summed E-state index contributed by atoms with van der Waals surface area (Å²) in [6, 6.07) is 10.2. The van der Waals surface area contributed by atoms with Gasteiger partial charge in [-0.1, -0.05) is 18.2 Å². The maximum absolute atomic E-state index is 12.0. The molecule has 2 aromatic carbocycles. The summed E-state index contributed by atoms with van der Waals surface area (Å²) >= 11 is 0. The summed E-state index contributed by atoms with van der Waals surface area (Å²) in [5.74, 6) is 1.18. The SMILES string of the molecule is CN(C)CCOc1ccc2c3c(ccc2c1)C(=O)CCC3. The van der Waals surface area contributed by atoms with Crippen molar-refractivity contribution in [3.63, 3.8) is 0 Å². The number of Topliss-reactive ketones (excluding diaryl/α,β-unsaturated/α-hetero) is 1. The van der Waals surface area contributed by atoms with Crippen molar-refractivity contribution in [2.45, 2.75) is 19.3 Å². The molecule has 0 saturated carbocycles. The Hall–Kier alpha value is -1.87. The third-order valence-electron chi connectivity index (χ3n) is 4.04. The second-order valence-corrected chi connectivity index (χ2v) is 5.90. The molecule has 3 heteroatoms. The van der Waals surface area contributed by atoms with E-state index in [0.29, 0.717) is 13.0 Å². The van der Waals surface area contributed by atoms with E-state index in [4.69, 9.17) is 4.74 Å². The lowest BCUT2D eigenvalue weighted by atomic mass is 9.87. The summed E-state index contributed by atoms with van der Waals surface area (Å²) in [4.78, 5) is 14.1. The van der Waals surface area contributed by atoms with Crippen LogP contribution in [0.5, 0.6) is 5.75 Å². The monoisotopic (exact) mass is 283 g/mol. The summed E-state index contributed by atoms with van der Waals surface area (Å²) in [6.45, 7) is 1.58. The van der Waals surface area contributed by atoms with Crippen molar-refractivity contribution in [2.24, 2.45) is 0 Å². The van der Waals surface area contributed by atoms with Gasteiger partial charge in [0, 0.05) is 18.5 Å². The number of carbonyl (C=O) groups is 1. The Labute approximate surface area is 125 Å². The van der Waals surface area contributed by atoms with Crippen molar-refractivity contribution in [3.05, 3.63) is 41.5 Å². The third kappa shape index (κ3) is 2.93. The first-order valence-corrected chi connectivity index (χ1v) is 7.51. The van der Waals surface area contributed by atoms with Crippen LogP contribution >= 0.6 is 0 Å². The first-order chi connectivity index (χ1) is 10.1. The van der Waals surface area contributed by atoms with Gasteiger partial charge in [-0.25, -0.2) is 0 Å². The van der Waals surface area contributed by atoms with Gasteiger partial charge in [0.1, 0.15) is 12.4 Å². The molecule has 0 unspecified atom stereocenters. The number of carbonyl (C=O) groups excluding carboxylic acids is 1. The molecule has 2 aromatic rings. The fourth-order valence-electron chi connectivity index (χ4n) is 2.90. The van der Waals surface area contributed by atoms with Crippen LogP contribution < -0.4 is 4.74 Å². The number of benzene rings is 2. The normalized spacial score (nSPS) is 14.5. The largest absolute Gasteiger partial charge is 0.492 e. The van der Waals surface area contributed by atoms with Crippen molar-refractivity contribution in [3.8, 4) is 5.75 Å². The lowest BCUT2D eigenvalue weighted by Crippen LogP contribution is -2.19. The maximum Gasteiger partial charge on any atom is 0.163 e. The number of rotatable bonds is 4. The first-order valence-electron chi connectivity index (χ1n) is 7.51. The van der Waals surface area contributed by atoms with Crippen molar-refractivity contribution >= 4 is 16.6 Å². The first kappa shape index (κ1) is 14.1. The van der Waals surface area contributed by atoms with Gasteiger partial charge in [0.25, 0.3) is 0 Å². The number of hydrogen-bond donors (Lipinski definition) is 0. The van der Waals surface area contributed by atoms with Gasteiger partial charge in [-0.2, -0.15) is 0 Å². The van der Waals surface area contributed by atoms with Crippen molar-refractivity contribution in [1.29, 1.82) is 0 Å². The lowest BCUT2D eigenvalue weighted by Gasteiger charge is -2.17. The molecule has 0 aliphatic heterocycles. The molecule has 0 aromatic heterocycles. The van der Waals surface area contributed by atoms with E-state index in [2.05, 4.69) is 17.0 Å². The molecule has 110 valence electrons. The van der Waals surface area contributed by atoms with E-state index in [1.165, 1.54) is 10.9 Å². The van der Waals surface area contributed by atoms with Crippen molar-refractivity contribution in [2.75, 3.05) is 27.2 Å². The van der Waals surface area contributed by atoms with Crippen LogP contribution in [0, 0.1) is 0 Å². The van der Waals surface area contributed by atoms with E-state index in [0.717, 1.165) is 36.1 Å². The van der Waals surface area contributed by atoms with Gasteiger partial charge in [-0.15, -0.1) is 0 Å². The molecule has 0 bridgehead atoms. The molecule has 0 atom stereocenters. The topological polar surface area (TPSA) is 29.5 Å². The van der Waals surface area contributed by atoms with Gasteiger partial charge in [0.2, 0.25) is 0 Å². The molecule has 0 radical (unpaired) electrons. The van der Waals surface area contributed by atoms with Crippen LogP contribution in [-0.4, -0.2) is 37.9 Å². The number of nitrogens with zero attached hydrogens (tertiary/aromatic N) is 1. The summed E-state index contributed by atoms with van der Waals surface area (Å²) in [5.41, 5.74) is 2.12. The number of ketones is 1. The molecule has 3 nitrogen and oxygen atoms in total. The molecular formula is C18H21NO2. The van der Waals surface area contributed by atoms with Gasteiger partial charge >= 0.3 is 0 Å². The quantitative estimate of drug-likeness (QED) is 0.862. The average Bonchev–Trinajstić information content (AvgIpc) is 2.47. The Bertz CT molecular complexity index is 676. The fourth-order valence-corrected chi connectivity index (χ4v) is 2.90. The molecule has 0 amide bonds. The van der Waals surface area contributed by atoms with Crippen molar-refractivity contribution < 1.29 is 9.53 Å². The molecule has 0 N–H and O–H groups in total. The predicted molar refractivity (Wildman–Crippen MR) is 85.3 cm³/mol. The zero-order valence-corrected chi connectivity index (χ0v) is 12.7. The molecule has 21 heavy (non-hydrogen) atoms. The minimum atomic E-state index is 0.282. The average molecular weight is 283 g/mol. The zero-order valence-electron chi connectivity index (χ0n) is 12.7. The Kier molecular flexibility index (Phi) is 3.93. The smallest absolute Gasteiger partial charge is 0.163 e. The fraction of sp³-hybridized carbons (Fsp3) is 0.389. The summed E-state index contributed by atoms with van der Waals surface area (Å²) in [7, 11) is 4.07. The number of ether oxygens (including phenoxy) is 1. The Morgan fingerprint density at radius 2 is 2.00 bits per heavy atom. The van der Waals surface area contributed by atoms with Crippen molar-refractivity contribution in [1.82, 2.24) is 4.90 Å². The molecular weight excluding hydrogens is 262 g/mol. The minimum Gasteiger partial charge on any atom is -0.492 e. The van der Waals surface area contributed by atoms with E-state index in [1.54, 1.807) is 0 Å². The molecule has 1 aliphatic carbocycles.